The third kappa shape index (κ3) is 9.87. The number of halogens is 8. The molecule has 2 aliphatic rings. The molecule has 2 aromatic carbocycles. The molecule has 0 bridgehead atoms. The lowest BCUT2D eigenvalue weighted by molar-refractivity contribution is -0.138. The summed E-state index contributed by atoms with van der Waals surface area (Å²) in [7, 11) is 1.23. The van der Waals surface area contributed by atoms with Gasteiger partial charge in [0.15, 0.2) is 0 Å². The lowest BCUT2D eigenvalue weighted by Crippen LogP contribution is -2.57. The highest BCUT2D eigenvalue weighted by Crippen LogP contribution is 2.34. The van der Waals surface area contributed by atoms with Crippen molar-refractivity contribution in [3.05, 3.63) is 64.7 Å². The molecule has 1 amide bonds. The van der Waals surface area contributed by atoms with E-state index in [1.54, 1.807) is 0 Å². The van der Waals surface area contributed by atoms with Crippen LogP contribution in [0.3, 0.4) is 0 Å². The van der Waals surface area contributed by atoms with E-state index >= 15 is 0 Å². The Morgan fingerprint density at radius 1 is 0.837 bits per heavy atom. The zero-order valence-corrected chi connectivity index (χ0v) is 25.7. The number of carbonyl (C=O) groups is 1. The zero-order valence-electron chi connectivity index (χ0n) is 24.1. The predicted octanol–water partition coefficient (Wildman–Crippen LogP) is 6.05. The normalized spacial score (nSPS) is 22.0. The van der Waals surface area contributed by atoms with Crippen molar-refractivity contribution < 1.29 is 40.6 Å². The average Bonchev–Trinajstić information content (AvgIpc) is 2.90. The van der Waals surface area contributed by atoms with Crippen LogP contribution in [0.2, 0.25) is 0 Å². The Bertz CT molecular complexity index is 1190. The number of methoxy groups -OCH3 is 1. The number of morpholine rings is 1. The van der Waals surface area contributed by atoms with Gasteiger partial charge >= 0.3 is 12.4 Å². The maximum atomic E-state index is 13.6. The van der Waals surface area contributed by atoms with Crippen LogP contribution >= 0.6 is 24.8 Å². The largest absolute Gasteiger partial charge is 0.497 e. The molecule has 6 nitrogen and oxygen atoms in total. The van der Waals surface area contributed by atoms with Gasteiger partial charge in [0.1, 0.15) is 5.75 Å². The Morgan fingerprint density at radius 2 is 1.42 bits per heavy atom. The van der Waals surface area contributed by atoms with E-state index in [9.17, 15) is 31.1 Å². The number of hydrogen-bond acceptors (Lipinski definition) is 5. The molecule has 0 saturated carbocycles. The molecule has 3 atom stereocenters. The molecule has 2 fully saturated rings. The van der Waals surface area contributed by atoms with E-state index < -0.39 is 35.4 Å². The van der Waals surface area contributed by atoms with Gasteiger partial charge in [-0.3, -0.25) is 14.6 Å². The van der Waals surface area contributed by atoms with Crippen molar-refractivity contribution >= 4 is 30.7 Å². The average molecular weight is 661 g/mol. The summed E-state index contributed by atoms with van der Waals surface area (Å²) in [5.41, 5.74) is -1.32. The zero-order chi connectivity index (χ0) is 29.9. The number of alkyl halides is 6. The van der Waals surface area contributed by atoms with Crippen molar-refractivity contribution in [2.45, 2.75) is 50.9 Å². The van der Waals surface area contributed by atoms with E-state index in [-0.39, 0.29) is 61.3 Å². The molecule has 0 aliphatic carbocycles. The quantitative estimate of drug-likeness (QED) is 0.339. The molecule has 43 heavy (non-hydrogen) atoms. The molecular formula is C29H37Cl2F6N3O3. The number of piperazine rings is 1. The summed E-state index contributed by atoms with van der Waals surface area (Å²) in [5.74, 6) is -0.670. The predicted molar refractivity (Wildman–Crippen MR) is 155 cm³/mol. The minimum atomic E-state index is -4.67. The molecule has 0 aromatic heterocycles. The summed E-state index contributed by atoms with van der Waals surface area (Å²) in [4.78, 5) is 19.7. The van der Waals surface area contributed by atoms with Crippen LogP contribution in [0.25, 0.3) is 0 Å². The molecule has 2 aromatic rings. The van der Waals surface area contributed by atoms with Gasteiger partial charge in [-0.05, 0) is 56.2 Å². The lowest BCUT2D eigenvalue weighted by Gasteiger charge is -2.43. The van der Waals surface area contributed by atoms with E-state index in [0.29, 0.717) is 25.2 Å². The Morgan fingerprint density at radius 3 is 1.98 bits per heavy atom. The van der Waals surface area contributed by atoms with E-state index in [1.807, 2.05) is 13.8 Å². The van der Waals surface area contributed by atoms with E-state index in [4.69, 9.17) is 9.47 Å². The van der Waals surface area contributed by atoms with Gasteiger partial charge in [-0.2, -0.15) is 26.3 Å². The van der Waals surface area contributed by atoms with Crippen LogP contribution in [0.1, 0.15) is 40.9 Å². The first-order valence-corrected chi connectivity index (χ1v) is 13.6. The Balaban J connectivity index is 0.00000323. The van der Waals surface area contributed by atoms with Crippen LogP contribution in [0.4, 0.5) is 26.3 Å². The molecule has 242 valence electrons. The summed E-state index contributed by atoms with van der Waals surface area (Å²) < 4.78 is 90.7. The lowest BCUT2D eigenvalue weighted by atomic mass is 9.99. The number of carbonyl (C=O) groups excluding carboxylic acids is 1. The first-order chi connectivity index (χ1) is 19.2. The van der Waals surface area contributed by atoms with Crippen LogP contribution in [0.15, 0.2) is 42.5 Å². The number of ether oxygens (including phenoxy) is 2. The van der Waals surface area contributed by atoms with Gasteiger partial charge in [0.25, 0.3) is 5.91 Å². The molecule has 0 N–H and O–H groups in total. The summed E-state index contributed by atoms with van der Waals surface area (Å²) in [6, 6.07) is 7.23. The first kappa shape index (κ1) is 36.9. The summed E-state index contributed by atoms with van der Waals surface area (Å²) in [5, 5.41) is 0. The van der Waals surface area contributed by atoms with Gasteiger partial charge in [0.05, 0.1) is 30.4 Å². The topological polar surface area (TPSA) is 45.2 Å². The van der Waals surface area contributed by atoms with Crippen molar-refractivity contribution in [2.75, 3.05) is 52.9 Å². The van der Waals surface area contributed by atoms with Crippen molar-refractivity contribution in [1.82, 2.24) is 14.7 Å². The van der Waals surface area contributed by atoms with Crippen LogP contribution in [0, 0.1) is 0 Å². The molecule has 2 unspecified atom stereocenters. The van der Waals surface area contributed by atoms with Crippen molar-refractivity contribution in [1.29, 1.82) is 0 Å². The maximum Gasteiger partial charge on any atom is 0.416 e. The van der Waals surface area contributed by atoms with Crippen LogP contribution < -0.4 is 4.74 Å². The van der Waals surface area contributed by atoms with Crippen LogP contribution in [-0.2, 0) is 23.5 Å². The van der Waals surface area contributed by atoms with Gasteiger partial charge in [-0.25, -0.2) is 0 Å². The monoisotopic (exact) mass is 659 g/mol. The first-order valence-electron chi connectivity index (χ1n) is 13.6. The number of rotatable bonds is 7. The second-order valence-corrected chi connectivity index (χ2v) is 10.8. The molecule has 0 radical (unpaired) electrons. The van der Waals surface area contributed by atoms with Gasteiger partial charge < -0.3 is 14.4 Å². The van der Waals surface area contributed by atoms with E-state index in [2.05, 4.69) is 9.80 Å². The summed E-state index contributed by atoms with van der Waals surface area (Å²) in [6.07, 6.45) is -8.66. The molecule has 4 rings (SSSR count). The molecule has 2 saturated heterocycles. The maximum absolute atomic E-state index is 13.6. The molecule has 2 heterocycles. The van der Waals surface area contributed by atoms with Crippen LogP contribution in [0.5, 0.6) is 5.75 Å². The van der Waals surface area contributed by atoms with Gasteiger partial charge in [-0.1, -0.05) is 12.1 Å². The number of amides is 1. The minimum absolute atomic E-state index is 0. The number of hydrogen-bond donors (Lipinski definition) is 0. The molecule has 0 spiro atoms. The second kappa shape index (κ2) is 15.2. The highest BCUT2D eigenvalue weighted by atomic mass is 35.5. The Hall–Kier alpha value is -2.25. The number of nitrogens with zero attached hydrogens (tertiary/aromatic N) is 3. The molecule has 2 aliphatic heterocycles. The van der Waals surface area contributed by atoms with Gasteiger partial charge in [-0.15, -0.1) is 24.8 Å². The van der Waals surface area contributed by atoms with Crippen molar-refractivity contribution in [3.8, 4) is 5.75 Å². The fourth-order valence-corrected chi connectivity index (χ4v) is 5.59. The van der Waals surface area contributed by atoms with Gasteiger partial charge in [0, 0.05) is 57.4 Å². The fraction of sp³-hybridized carbons (Fsp3) is 0.552. The highest BCUT2D eigenvalue weighted by Gasteiger charge is 2.36. The third-order valence-electron chi connectivity index (χ3n) is 7.52. The van der Waals surface area contributed by atoms with E-state index in [1.165, 1.54) is 30.2 Å². The smallest absolute Gasteiger partial charge is 0.416 e. The third-order valence-corrected chi connectivity index (χ3v) is 7.52. The summed E-state index contributed by atoms with van der Waals surface area (Å²) >= 11 is 0. The summed E-state index contributed by atoms with van der Waals surface area (Å²) in [6.45, 7) is 8.35. The van der Waals surface area contributed by atoms with Crippen molar-refractivity contribution in [3.63, 3.8) is 0 Å². The fourth-order valence-electron chi connectivity index (χ4n) is 5.59. The van der Waals surface area contributed by atoms with E-state index in [0.717, 1.165) is 43.9 Å². The SMILES string of the molecule is COc1cc(C(=O)N2CCN(CCN3CC(C)OC(C)C3)C[C@H]2Cc2ccc(C(F)(F)F)cc2)cc(C(F)(F)F)c1.Cl.Cl. The highest BCUT2D eigenvalue weighted by molar-refractivity contribution is 5.95. The second-order valence-electron chi connectivity index (χ2n) is 10.8. The standard InChI is InChI=1S/C29H35F6N3O3.2ClH/c1-19-16-37(17-20(2)41-19)9-8-36-10-11-38(25(18-36)12-21-4-6-23(7-5-21)28(30,31)32)27(39)22-13-24(29(33,34)35)15-26(14-22)40-3;;/h4-7,13-15,19-20,25H,8-12,16-18H2,1-3H3;2*1H/t19?,20?,25-;;/m1../s1. The van der Waals surface area contributed by atoms with Crippen molar-refractivity contribution in [2.24, 2.45) is 0 Å². The van der Waals surface area contributed by atoms with Gasteiger partial charge in [0.2, 0.25) is 0 Å². The molecule has 14 heteroatoms. The Kier molecular flexibility index (Phi) is 13.0. The molecular weight excluding hydrogens is 623 g/mol. The Labute approximate surface area is 260 Å². The van der Waals surface area contributed by atoms with Crippen LogP contribution in [-0.4, -0.2) is 91.8 Å². The minimum Gasteiger partial charge on any atom is -0.497 e. The number of benzene rings is 2.